The third-order valence-electron chi connectivity index (χ3n) is 3.24. The highest BCUT2D eigenvalue weighted by atomic mass is 32.1. The molecule has 5 heteroatoms. The largest absolute Gasteiger partial charge is 0.368 e. The zero-order chi connectivity index (χ0) is 13.0. The predicted molar refractivity (Wildman–Crippen MR) is 72.7 cm³/mol. The fourth-order valence-electron chi connectivity index (χ4n) is 2.16. The molecule has 4 nitrogen and oxygen atoms in total. The zero-order valence-corrected chi connectivity index (χ0v) is 11.7. The number of hydrogen-bond donors (Lipinski definition) is 1. The number of hydrogen-bond acceptors (Lipinski definition) is 4. The van der Waals surface area contributed by atoms with Crippen molar-refractivity contribution < 1.29 is 9.53 Å². The Kier molecular flexibility index (Phi) is 4.74. The number of thiophene rings is 1. The predicted octanol–water partition coefficient (Wildman–Crippen LogP) is 1.65. The van der Waals surface area contributed by atoms with Crippen LogP contribution >= 0.6 is 11.3 Å². The van der Waals surface area contributed by atoms with Gasteiger partial charge in [0.05, 0.1) is 6.04 Å². The number of amides is 1. The van der Waals surface area contributed by atoms with Crippen LogP contribution in [0.3, 0.4) is 0 Å². The van der Waals surface area contributed by atoms with Gasteiger partial charge in [-0.15, -0.1) is 0 Å². The summed E-state index contributed by atoms with van der Waals surface area (Å²) in [5.74, 6) is 0.0228. The maximum Gasteiger partial charge on any atom is 0.249 e. The summed E-state index contributed by atoms with van der Waals surface area (Å²) in [6.07, 6.45) is 1.59. The zero-order valence-electron chi connectivity index (χ0n) is 10.9. The average molecular weight is 268 g/mol. The van der Waals surface area contributed by atoms with Crippen LogP contribution in [0, 0.1) is 0 Å². The Morgan fingerprint density at radius 1 is 1.67 bits per heavy atom. The monoisotopic (exact) mass is 268 g/mol. The van der Waals surface area contributed by atoms with Crippen molar-refractivity contribution >= 4 is 17.2 Å². The van der Waals surface area contributed by atoms with Gasteiger partial charge in [0.2, 0.25) is 5.91 Å². The van der Waals surface area contributed by atoms with Crippen LogP contribution in [-0.2, 0) is 9.53 Å². The molecule has 0 unspecified atom stereocenters. The summed E-state index contributed by atoms with van der Waals surface area (Å²) in [7, 11) is 4.06. The molecule has 0 aliphatic carbocycles. The van der Waals surface area contributed by atoms with Gasteiger partial charge in [0.1, 0.15) is 6.10 Å². The quantitative estimate of drug-likeness (QED) is 0.883. The number of nitrogens with one attached hydrogen (secondary N) is 1. The summed E-state index contributed by atoms with van der Waals surface area (Å²) in [6, 6.07) is 2.33. The van der Waals surface area contributed by atoms with Crippen molar-refractivity contribution in [3.8, 4) is 0 Å². The van der Waals surface area contributed by atoms with E-state index in [1.165, 1.54) is 5.56 Å². The second-order valence-electron chi connectivity index (χ2n) is 4.78. The van der Waals surface area contributed by atoms with Crippen molar-refractivity contribution in [3.63, 3.8) is 0 Å². The molecule has 100 valence electrons. The van der Waals surface area contributed by atoms with Gasteiger partial charge < -0.3 is 15.0 Å². The van der Waals surface area contributed by atoms with Crippen molar-refractivity contribution in [1.29, 1.82) is 0 Å². The lowest BCUT2D eigenvalue weighted by Gasteiger charge is -2.24. The number of rotatable bonds is 5. The molecule has 1 aliphatic heterocycles. The van der Waals surface area contributed by atoms with Crippen LogP contribution in [-0.4, -0.2) is 44.2 Å². The molecule has 1 amide bonds. The summed E-state index contributed by atoms with van der Waals surface area (Å²) in [6.45, 7) is 1.34. The summed E-state index contributed by atoms with van der Waals surface area (Å²) < 4.78 is 5.37. The van der Waals surface area contributed by atoms with Gasteiger partial charge in [-0.2, -0.15) is 11.3 Å². The van der Waals surface area contributed by atoms with Gasteiger partial charge in [-0.05, 0) is 49.3 Å². The van der Waals surface area contributed by atoms with E-state index >= 15 is 0 Å². The van der Waals surface area contributed by atoms with Gasteiger partial charge >= 0.3 is 0 Å². The summed E-state index contributed by atoms with van der Waals surface area (Å²) in [5.41, 5.74) is 1.25. The fourth-order valence-corrected chi connectivity index (χ4v) is 2.87. The first-order valence-electron chi connectivity index (χ1n) is 6.26. The number of nitrogens with zero attached hydrogens (tertiary/aromatic N) is 1. The number of likely N-dealkylation sites (N-methyl/N-ethyl adjacent to an activating group) is 1. The van der Waals surface area contributed by atoms with Crippen molar-refractivity contribution in [2.45, 2.75) is 25.0 Å². The molecule has 0 saturated carbocycles. The van der Waals surface area contributed by atoms with Crippen LogP contribution in [0.1, 0.15) is 24.4 Å². The Morgan fingerprint density at radius 3 is 3.06 bits per heavy atom. The lowest BCUT2D eigenvalue weighted by Crippen LogP contribution is -2.39. The maximum atomic E-state index is 11.9. The second kappa shape index (κ2) is 6.31. The van der Waals surface area contributed by atoms with E-state index in [0.29, 0.717) is 13.2 Å². The first-order valence-corrected chi connectivity index (χ1v) is 7.20. The van der Waals surface area contributed by atoms with Crippen LogP contribution in [0.4, 0.5) is 0 Å². The van der Waals surface area contributed by atoms with Gasteiger partial charge in [0.15, 0.2) is 0 Å². The minimum absolute atomic E-state index is 0.0228. The average Bonchev–Trinajstić information content (AvgIpc) is 3.01. The molecule has 2 heterocycles. The SMILES string of the molecule is CN(C)[C@@H](CNC(=O)[C@@H]1CCCO1)c1ccsc1. The van der Waals surface area contributed by atoms with Crippen LogP contribution < -0.4 is 5.32 Å². The molecule has 2 rings (SSSR count). The molecule has 1 aromatic rings. The smallest absolute Gasteiger partial charge is 0.249 e. The minimum atomic E-state index is -0.240. The lowest BCUT2D eigenvalue weighted by atomic mass is 10.1. The van der Waals surface area contributed by atoms with Crippen LogP contribution in [0.2, 0.25) is 0 Å². The number of carbonyl (C=O) groups excluding carboxylic acids is 1. The van der Waals surface area contributed by atoms with Gasteiger partial charge in [0.25, 0.3) is 0 Å². The van der Waals surface area contributed by atoms with E-state index in [-0.39, 0.29) is 18.1 Å². The van der Waals surface area contributed by atoms with E-state index in [1.807, 2.05) is 14.1 Å². The van der Waals surface area contributed by atoms with Crippen molar-refractivity contribution in [2.24, 2.45) is 0 Å². The summed E-state index contributed by atoms with van der Waals surface area (Å²) >= 11 is 1.68. The van der Waals surface area contributed by atoms with E-state index < -0.39 is 0 Å². The molecule has 0 spiro atoms. The Balaban J connectivity index is 1.88. The molecule has 18 heavy (non-hydrogen) atoms. The molecule has 1 saturated heterocycles. The van der Waals surface area contributed by atoms with Crippen molar-refractivity contribution in [2.75, 3.05) is 27.2 Å². The molecular weight excluding hydrogens is 248 g/mol. The van der Waals surface area contributed by atoms with Gasteiger partial charge in [-0.1, -0.05) is 0 Å². The highest BCUT2D eigenvalue weighted by Crippen LogP contribution is 2.20. The molecule has 0 bridgehead atoms. The first kappa shape index (κ1) is 13.5. The fraction of sp³-hybridized carbons (Fsp3) is 0.615. The standard InChI is InChI=1S/C13H20N2O2S/c1-15(2)11(10-5-7-18-9-10)8-14-13(16)12-4-3-6-17-12/h5,7,9,11-12H,3-4,6,8H2,1-2H3,(H,14,16)/t11-,12-/m0/s1. The highest BCUT2D eigenvalue weighted by Gasteiger charge is 2.24. The Morgan fingerprint density at radius 2 is 2.50 bits per heavy atom. The van der Waals surface area contributed by atoms with Gasteiger partial charge in [-0.3, -0.25) is 4.79 Å². The normalized spacial score (nSPS) is 21.2. The Hall–Kier alpha value is -0.910. The van der Waals surface area contributed by atoms with Gasteiger partial charge in [-0.25, -0.2) is 0 Å². The maximum absolute atomic E-state index is 11.9. The van der Waals surface area contributed by atoms with E-state index in [9.17, 15) is 4.79 Å². The first-order chi connectivity index (χ1) is 8.68. The minimum Gasteiger partial charge on any atom is -0.368 e. The van der Waals surface area contributed by atoms with E-state index in [4.69, 9.17) is 4.74 Å². The topological polar surface area (TPSA) is 41.6 Å². The molecule has 1 aliphatic rings. The van der Waals surface area contributed by atoms with Crippen LogP contribution in [0.25, 0.3) is 0 Å². The van der Waals surface area contributed by atoms with Crippen molar-refractivity contribution in [1.82, 2.24) is 10.2 Å². The van der Waals surface area contributed by atoms with E-state index in [2.05, 4.69) is 27.0 Å². The Labute approximate surface area is 112 Å². The molecule has 0 radical (unpaired) electrons. The molecular formula is C13H20N2O2S. The van der Waals surface area contributed by atoms with Crippen molar-refractivity contribution in [3.05, 3.63) is 22.4 Å². The molecule has 1 aromatic heterocycles. The molecule has 1 fully saturated rings. The highest BCUT2D eigenvalue weighted by molar-refractivity contribution is 7.07. The van der Waals surface area contributed by atoms with Crippen LogP contribution in [0.15, 0.2) is 16.8 Å². The summed E-state index contributed by atoms with van der Waals surface area (Å²) in [4.78, 5) is 14.0. The number of carbonyl (C=O) groups is 1. The van der Waals surface area contributed by atoms with E-state index in [1.54, 1.807) is 11.3 Å². The summed E-state index contributed by atoms with van der Waals surface area (Å²) in [5, 5.41) is 7.18. The third kappa shape index (κ3) is 3.31. The lowest BCUT2D eigenvalue weighted by molar-refractivity contribution is -0.130. The molecule has 0 aromatic carbocycles. The van der Waals surface area contributed by atoms with Gasteiger partial charge in [0, 0.05) is 13.2 Å². The molecule has 2 atom stereocenters. The van der Waals surface area contributed by atoms with Crippen LogP contribution in [0.5, 0.6) is 0 Å². The second-order valence-corrected chi connectivity index (χ2v) is 5.56. The number of ether oxygens (including phenoxy) is 1. The third-order valence-corrected chi connectivity index (χ3v) is 3.94. The van der Waals surface area contributed by atoms with E-state index in [0.717, 1.165) is 12.8 Å². The molecule has 1 N–H and O–H groups in total. The Bertz CT molecular complexity index is 372.